The molecule has 8 aromatic rings. The molecule has 2 aliphatic heterocycles. The van der Waals surface area contributed by atoms with E-state index in [-0.39, 0.29) is 36.7 Å². The molecule has 0 aromatic heterocycles. The number of benzene rings is 8. The summed E-state index contributed by atoms with van der Waals surface area (Å²) in [6, 6.07) is 32.4. The lowest BCUT2D eigenvalue weighted by atomic mass is 9.75. The van der Waals surface area contributed by atoms with Crippen molar-refractivity contribution in [3.8, 4) is 0 Å². The van der Waals surface area contributed by atoms with Crippen LogP contribution in [0.5, 0.6) is 0 Å². The Bertz CT molecular complexity index is 2730. The molecule has 0 fully saturated rings. The fourth-order valence-corrected chi connectivity index (χ4v) is 10.7. The van der Waals surface area contributed by atoms with E-state index < -0.39 is 0 Å². The van der Waals surface area contributed by atoms with Gasteiger partial charge in [0.05, 0.1) is 22.3 Å². The molecule has 0 N–H and O–H groups in total. The Kier molecular flexibility index (Phi) is 9.82. The van der Waals surface area contributed by atoms with Gasteiger partial charge in [-0.15, -0.1) is 0 Å². The highest BCUT2D eigenvalue weighted by Crippen LogP contribution is 2.52. The second kappa shape index (κ2) is 15.5. The summed E-state index contributed by atoms with van der Waals surface area (Å²) in [5.74, 6) is -1.43. The zero-order valence-corrected chi connectivity index (χ0v) is 34.7. The van der Waals surface area contributed by atoms with Crippen LogP contribution in [0.3, 0.4) is 0 Å². The van der Waals surface area contributed by atoms with E-state index in [1.54, 1.807) is 0 Å². The zero-order valence-electron chi connectivity index (χ0n) is 34.7. The van der Waals surface area contributed by atoms with E-state index in [1.165, 1.54) is 9.80 Å². The van der Waals surface area contributed by atoms with Crippen molar-refractivity contribution in [1.29, 1.82) is 0 Å². The summed E-state index contributed by atoms with van der Waals surface area (Å²) in [5.41, 5.74) is 1.65. The summed E-state index contributed by atoms with van der Waals surface area (Å²) in [5, 5.41) is 10.9. The maximum Gasteiger partial charge on any atom is 0.262 e. The molecule has 0 spiro atoms. The molecule has 6 nitrogen and oxygen atoms in total. The number of amides is 4. The third-order valence-electron chi connectivity index (χ3n) is 13.4. The van der Waals surface area contributed by atoms with Gasteiger partial charge in [-0.05, 0) is 55.9 Å². The molecule has 0 aliphatic carbocycles. The summed E-state index contributed by atoms with van der Waals surface area (Å²) >= 11 is 0. The quantitative estimate of drug-likeness (QED) is 0.0476. The Morgan fingerprint density at radius 3 is 0.800 bits per heavy atom. The first kappa shape index (κ1) is 38.1. The first-order valence-electron chi connectivity index (χ1n) is 22.3. The first-order chi connectivity index (χ1) is 29.5. The minimum atomic E-state index is -0.358. The third-order valence-corrected chi connectivity index (χ3v) is 13.4. The van der Waals surface area contributed by atoms with E-state index in [9.17, 15) is 0 Å². The van der Waals surface area contributed by atoms with Gasteiger partial charge in [0.1, 0.15) is 0 Å². The average molecular weight is 791 g/mol. The predicted molar refractivity (Wildman–Crippen MR) is 246 cm³/mol. The summed E-state index contributed by atoms with van der Waals surface area (Å²) in [6.07, 6.45) is 12.2. The molecular weight excluding hydrogens is 741 g/mol. The summed E-state index contributed by atoms with van der Waals surface area (Å²) in [4.78, 5) is 65.0. The van der Waals surface area contributed by atoms with Crippen LogP contribution in [0, 0.1) is 0 Å². The number of nitrogens with zero attached hydrogens (tertiary/aromatic N) is 2. The fourth-order valence-electron chi connectivity index (χ4n) is 10.7. The topological polar surface area (TPSA) is 74.8 Å². The van der Waals surface area contributed by atoms with Crippen LogP contribution in [0.15, 0.2) is 97.1 Å². The highest BCUT2D eigenvalue weighted by Gasteiger charge is 2.45. The van der Waals surface area contributed by atoms with Crippen molar-refractivity contribution in [3.05, 3.63) is 119 Å². The van der Waals surface area contributed by atoms with Crippen LogP contribution < -0.4 is 0 Å². The Hall–Kier alpha value is -6.14. The van der Waals surface area contributed by atoms with Crippen molar-refractivity contribution in [2.24, 2.45) is 0 Å². The van der Waals surface area contributed by atoms with Gasteiger partial charge in [0.2, 0.25) is 0 Å². The molecule has 8 aromatic carbocycles. The summed E-state index contributed by atoms with van der Waals surface area (Å²) < 4.78 is 0. The van der Waals surface area contributed by atoms with Crippen LogP contribution >= 0.6 is 0 Å². The molecule has 0 saturated carbocycles. The zero-order chi connectivity index (χ0) is 41.1. The molecule has 2 aliphatic rings. The monoisotopic (exact) mass is 790 g/mol. The molecule has 0 bridgehead atoms. The minimum absolute atomic E-state index is 0.290. The lowest BCUT2D eigenvalue weighted by Gasteiger charge is -2.35. The molecule has 60 heavy (non-hydrogen) atoms. The molecular formula is C54H50N2O4. The Morgan fingerprint density at radius 2 is 0.533 bits per heavy atom. The Morgan fingerprint density at radius 1 is 0.300 bits per heavy atom. The second-order valence-corrected chi connectivity index (χ2v) is 17.0. The number of fused-ring (bicyclic) bond motifs is 16. The first-order valence-corrected chi connectivity index (χ1v) is 22.3. The van der Waals surface area contributed by atoms with Gasteiger partial charge in [-0.1, -0.05) is 175 Å². The van der Waals surface area contributed by atoms with Crippen molar-refractivity contribution in [1.82, 2.24) is 9.80 Å². The van der Waals surface area contributed by atoms with Gasteiger partial charge in [0, 0.05) is 45.4 Å². The average Bonchev–Trinajstić information content (AvgIpc) is 3.28. The summed E-state index contributed by atoms with van der Waals surface area (Å²) in [7, 11) is 0. The molecule has 2 heterocycles. The number of carbonyl (C=O) groups is 4. The van der Waals surface area contributed by atoms with Crippen LogP contribution in [0.25, 0.3) is 75.4 Å². The number of hydrogen-bond donors (Lipinski definition) is 0. The fraction of sp³-hybridized carbons (Fsp3) is 0.296. The van der Waals surface area contributed by atoms with Crippen LogP contribution in [0.1, 0.15) is 132 Å². The number of carbonyl (C=O) groups excluding carboxylic acids is 4. The molecule has 300 valence electrons. The van der Waals surface area contributed by atoms with E-state index >= 15 is 19.2 Å². The normalized spacial score (nSPS) is 14.2. The van der Waals surface area contributed by atoms with Crippen LogP contribution in [-0.2, 0) is 0 Å². The smallest absolute Gasteiger partial charge is 0.262 e. The van der Waals surface area contributed by atoms with E-state index in [0.29, 0.717) is 67.4 Å². The molecule has 4 amide bonds. The number of unbranched alkanes of at least 4 members (excludes halogenated alkanes) is 10. The standard InChI is InChI=1S/C54H50N2O4/c1-3-5-7-9-11-21-31-55-51(57)47-41-37-27-17-13-23-33(37)35-25-15-19-29-39(35)43(41)49-46-45(47)48(52(55)58)42-38-28-18-14-24-34(38)36-26-16-20-30-40(36)44(42)50(46)54(60)56(53(49)59)32-22-12-10-8-6-4-2/h13-20,23-30H,3-12,21-22,31-32H2,1-2H3. The SMILES string of the molecule is CCCCCCCCN1C(=O)c2c3c(c4c5ccccc5c5ccccc5c4c4c3c(c3c5ccccc5c5ccccc5c23)C(=O)N(CCCCCCCC)C4=O)C1=O. The molecule has 6 heteroatoms. The number of imide groups is 2. The van der Waals surface area contributed by atoms with Gasteiger partial charge in [0.25, 0.3) is 23.6 Å². The minimum Gasteiger partial charge on any atom is -0.274 e. The highest BCUT2D eigenvalue weighted by atomic mass is 16.2. The number of hydrogen-bond acceptors (Lipinski definition) is 4. The number of rotatable bonds is 14. The molecule has 0 unspecified atom stereocenters. The van der Waals surface area contributed by atoms with Gasteiger partial charge < -0.3 is 0 Å². The largest absolute Gasteiger partial charge is 0.274 e. The molecule has 10 rings (SSSR count). The maximum absolute atomic E-state index is 15.5. The Labute approximate surface area is 350 Å². The summed E-state index contributed by atoms with van der Waals surface area (Å²) in [6.45, 7) is 4.97. The van der Waals surface area contributed by atoms with Crippen molar-refractivity contribution in [2.75, 3.05) is 13.1 Å². The van der Waals surface area contributed by atoms with Crippen LogP contribution in [0.2, 0.25) is 0 Å². The van der Waals surface area contributed by atoms with Crippen molar-refractivity contribution in [3.63, 3.8) is 0 Å². The van der Waals surface area contributed by atoms with E-state index in [2.05, 4.69) is 38.1 Å². The maximum atomic E-state index is 15.5. The van der Waals surface area contributed by atoms with Crippen molar-refractivity contribution in [2.45, 2.75) is 90.9 Å². The van der Waals surface area contributed by atoms with Crippen molar-refractivity contribution >= 4 is 99.0 Å². The van der Waals surface area contributed by atoms with Gasteiger partial charge in [-0.25, -0.2) is 0 Å². The van der Waals surface area contributed by atoms with Crippen molar-refractivity contribution < 1.29 is 19.2 Å². The molecule has 0 radical (unpaired) electrons. The van der Waals surface area contributed by atoms with Gasteiger partial charge in [-0.2, -0.15) is 0 Å². The Balaban J connectivity index is 1.38. The van der Waals surface area contributed by atoms with E-state index in [1.807, 2.05) is 72.8 Å². The van der Waals surface area contributed by atoms with Crippen LogP contribution in [0.4, 0.5) is 0 Å². The van der Waals surface area contributed by atoms with Gasteiger partial charge in [0.15, 0.2) is 0 Å². The second-order valence-electron chi connectivity index (χ2n) is 17.0. The van der Waals surface area contributed by atoms with E-state index in [4.69, 9.17) is 0 Å². The lowest BCUT2D eigenvalue weighted by molar-refractivity contribution is 0.0590. The molecule has 0 atom stereocenters. The predicted octanol–water partition coefficient (Wildman–Crippen LogP) is 13.7. The van der Waals surface area contributed by atoms with E-state index in [0.717, 1.165) is 107 Å². The van der Waals surface area contributed by atoms with Gasteiger partial charge >= 0.3 is 0 Å². The van der Waals surface area contributed by atoms with Gasteiger partial charge in [-0.3, -0.25) is 29.0 Å². The molecule has 0 saturated heterocycles. The highest BCUT2D eigenvalue weighted by molar-refractivity contribution is 6.49. The lowest BCUT2D eigenvalue weighted by Crippen LogP contribution is -2.44. The van der Waals surface area contributed by atoms with Crippen LogP contribution in [-0.4, -0.2) is 46.5 Å². The third kappa shape index (κ3) is 5.67.